The van der Waals surface area contributed by atoms with Gasteiger partial charge in [0.15, 0.2) is 0 Å². The van der Waals surface area contributed by atoms with Gasteiger partial charge in [-0.3, -0.25) is 0 Å². The van der Waals surface area contributed by atoms with Crippen LogP contribution in [0.25, 0.3) is 0 Å². The molecule has 0 aliphatic heterocycles. The Labute approximate surface area is 95.4 Å². The summed E-state index contributed by atoms with van der Waals surface area (Å²) in [5.74, 6) is -0.251. The lowest BCUT2D eigenvalue weighted by Gasteiger charge is -2.19. The van der Waals surface area contributed by atoms with Gasteiger partial charge in [-0.25, -0.2) is 9.52 Å². The van der Waals surface area contributed by atoms with Crippen LogP contribution < -0.4 is 9.44 Å². The normalized spacial score (nSPS) is 15.2. The second-order valence-corrected chi connectivity index (χ2v) is 4.84. The summed E-state index contributed by atoms with van der Waals surface area (Å²) in [5.41, 5.74) is 0. The van der Waals surface area contributed by atoms with Crippen LogP contribution in [0, 0.1) is 5.92 Å². The summed E-state index contributed by atoms with van der Waals surface area (Å²) >= 11 is 0. The lowest BCUT2D eigenvalue weighted by atomic mass is 10.1. The lowest BCUT2D eigenvalue weighted by Crippen LogP contribution is -2.46. The van der Waals surface area contributed by atoms with Crippen LogP contribution in [0.4, 0.5) is 4.79 Å². The number of carbonyl (C=O) groups excluding carboxylic acids is 1. The van der Waals surface area contributed by atoms with Gasteiger partial charge in [0, 0.05) is 12.6 Å². The number of aliphatic hydroxyl groups is 1. The quantitative estimate of drug-likeness (QED) is 0.597. The fourth-order valence-electron chi connectivity index (χ4n) is 0.819. The van der Waals surface area contributed by atoms with E-state index in [1.165, 1.54) is 0 Å². The summed E-state index contributed by atoms with van der Waals surface area (Å²) in [6, 6.07) is -0.489. The van der Waals surface area contributed by atoms with E-state index in [0.29, 0.717) is 0 Å². The Balaban J connectivity index is 4.30. The molecule has 0 fully saturated rings. The number of carbonyl (C=O) groups is 1. The summed E-state index contributed by atoms with van der Waals surface area (Å²) in [6.07, 6.45) is -1.03. The van der Waals surface area contributed by atoms with Gasteiger partial charge >= 0.3 is 16.3 Å². The molecule has 0 heterocycles. The topological polar surface area (TPSA) is 105 Å². The molecule has 0 aromatic carbocycles. The fraction of sp³-hybridized carbons (Fsp3) is 0.875. The monoisotopic (exact) mass is 254 g/mol. The smallest absolute Gasteiger partial charge is 0.421 e. The van der Waals surface area contributed by atoms with Crippen molar-refractivity contribution in [1.29, 1.82) is 0 Å². The number of hydrogen-bond acceptors (Lipinski definition) is 5. The SMILES string of the molecule is CCOC(=O)NS(=O)(=O)NC(C)C(C)CO. The molecule has 2 atom stereocenters. The van der Waals surface area contributed by atoms with E-state index in [9.17, 15) is 13.2 Å². The minimum atomic E-state index is -3.94. The van der Waals surface area contributed by atoms with Gasteiger partial charge < -0.3 is 9.84 Å². The summed E-state index contributed by atoms with van der Waals surface area (Å²) in [6.45, 7) is 4.77. The predicted molar refractivity (Wildman–Crippen MR) is 57.9 cm³/mol. The van der Waals surface area contributed by atoms with Crippen molar-refractivity contribution in [3.05, 3.63) is 0 Å². The van der Waals surface area contributed by atoms with Gasteiger partial charge in [-0.15, -0.1) is 0 Å². The minimum absolute atomic E-state index is 0.0873. The van der Waals surface area contributed by atoms with Gasteiger partial charge in [0.25, 0.3) is 0 Å². The summed E-state index contributed by atoms with van der Waals surface area (Å²) in [4.78, 5) is 10.9. The third-order valence-corrected chi connectivity index (χ3v) is 3.09. The molecule has 0 rings (SSSR count). The van der Waals surface area contributed by atoms with Gasteiger partial charge in [0.1, 0.15) is 0 Å². The van der Waals surface area contributed by atoms with E-state index >= 15 is 0 Å². The summed E-state index contributed by atoms with van der Waals surface area (Å²) in [7, 11) is -3.94. The van der Waals surface area contributed by atoms with Crippen LogP contribution in [0.5, 0.6) is 0 Å². The maximum atomic E-state index is 11.3. The number of hydrogen-bond donors (Lipinski definition) is 3. The Morgan fingerprint density at radius 2 is 2.00 bits per heavy atom. The predicted octanol–water partition coefficient (Wildman–Crippen LogP) is -0.416. The fourth-order valence-corrected chi connectivity index (χ4v) is 1.88. The standard InChI is InChI=1S/C8H18N2O5S/c1-4-15-8(12)10-16(13,14)9-7(3)6(2)5-11/h6-7,9,11H,4-5H2,1-3H3,(H,10,12). The van der Waals surface area contributed by atoms with Crippen LogP contribution in [0.3, 0.4) is 0 Å². The molecular weight excluding hydrogens is 236 g/mol. The molecule has 7 nitrogen and oxygen atoms in total. The Morgan fingerprint density at radius 1 is 1.44 bits per heavy atom. The second-order valence-electron chi connectivity index (χ2n) is 3.39. The summed E-state index contributed by atoms with van der Waals surface area (Å²) < 4.78 is 31.0. The van der Waals surface area contributed by atoms with Gasteiger partial charge in [-0.1, -0.05) is 6.92 Å². The van der Waals surface area contributed by atoms with E-state index in [0.717, 1.165) is 0 Å². The van der Waals surface area contributed by atoms with Crippen molar-refractivity contribution in [2.24, 2.45) is 5.92 Å². The molecule has 16 heavy (non-hydrogen) atoms. The first kappa shape index (κ1) is 15.1. The van der Waals surface area contributed by atoms with Crippen molar-refractivity contribution in [2.45, 2.75) is 26.8 Å². The van der Waals surface area contributed by atoms with Crippen molar-refractivity contribution in [3.8, 4) is 0 Å². The molecule has 0 saturated heterocycles. The van der Waals surface area contributed by atoms with Crippen LogP contribution in [-0.4, -0.2) is 38.9 Å². The highest BCUT2D eigenvalue weighted by Gasteiger charge is 2.20. The highest BCUT2D eigenvalue weighted by Crippen LogP contribution is 2.01. The van der Waals surface area contributed by atoms with Gasteiger partial charge in [0.05, 0.1) is 6.61 Å². The molecule has 8 heteroatoms. The molecule has 0 aromatic heterocycles. The molecule has 0 spiro atoms. The van der Waals surface area contributed by atoms with Crippen LogP contribution in [0.15, 0.2) is 0 Å². The first-order valence-corrected chi connectivity index (χ1v) is 6.38. The van der Waals surface area contributed by atoms with E-state index in [-0.39, 0.29) is 19.1 Å². The minimum Gasteiger partial charge on any atom is -0.449 e. The molecule has 0 aliphatic carbocycles. The zero-order valence-corrected chi connectivity index (χ0v) is 10.4. The highest BCUT2D eigenvalue weighted by molar-refractivity contribution is 7.88. The van der Waals surface area contributed by atoms with Gasteiger partial charge in [0.2, 0.25) is 0 Å². The number of nitrogens with one attached hydrogen (secondary N) is 2. The van der Waals surface area contributed by atoms with E-state index in [1.807, 2.05) is 0 Å². The van der Waals surface area contributed by atoms with Crippen molar-refractivity contribution in [3.63, 3.8) is 0 Å². The molecule has 0 aliphatic rings. The molecule has 0 saturated carbocycles. The van der Waals surface area contributed by atoms with Crippen LogP contribution in [0.2, 0.25) is 0 Å². The number of rotatable bonds is 6. The van der Waals surface area contributed by atoms with Crippen molar-refractivity contribution in [2.75, 3.05) is 13.2 Å². The average molecular weight is 254 g/mol. The third-order valence-electron chi connectivity index (χ3n) is 1.98. The molecule has 1 amide bonds. The maximum Gasteiger partial charge on any atom is 0.421 e. The number of amides is 1. The number of aliphatic hydroxyl groups excluding tert-OH is 1. The van der Waals surface area contributed by atoms with E-state index in [2.05, 4.69) is 9.46 Å². The highest BCUT2D eigenvalue weighted by atomic mass is 32.2. The van der Waals surface area contributed by atoms with Crippen molar-refractivity contribution >= 4 is 16.3 Å². The largest absolute Gasteiger partial charge is 0.449 e. The zero-order chi connectivity index (χ0) is 12.8. The molecule has 96 valence electrons. The van der Waals surface area contributed by atoms with Crippen LogP contribution in [0.1, 0.15) is 20.8 Å². The number of ether oxygens (including phenoxy) is 1. The Hall–Kier alpha value is -0.860. The lowest BCUT2D eigenvalue weighted by molar-refractivity contribution is 0.158. The van der Waals surface area contributed by atoms with Crippen molar-refractivity contribution < 1.29 is 23.1 Å². The molecular formula is C8H18N2O5S. The molecule has 2 unspecified atom stereocenters. The molecule has 0 radical (unpaired) electrons. The van der Waals surface area contributed by atoms with Crippen LogP contribution in [-0.2, 0) is 14.9 Å². The van der Waals surface area contributed by atoms with Gasteiger partial charge in [-0.05, 0) is 19.8 Å². The second kappa shape index (κ2) is 6.66. The van der Waals surface area contributed by atoms with E-state index < -0.39 is 22.3 Å². The van der Waals surface area contributed by atoms with Gasteiger partial charge in [-0.2, -0.15) is 13.1 Å². The summed E-state index contributed by atoms with van der Waals surface area (Å²) in [5, 5.41) is 8.82. The third kappa shape index (κ3) is 5.89. The van der Waals surface area contributed by atoms with E-state index in [4.69, 9.17) is 5.11 Å². The average Bonchev–Trinajstić information content (AvgIpc) is 2.14. The zero-order valence-electron chi connectivity index (χ0n) is 9.56. The Kier molecular flexibility index (Phi) is 6.31. The first-order valence-electron chi connectivity index (χ1n) is 4.90. The Morgan fingerprint density at radius 3 is 2.44 bits per heavy atom. The Bertz CT molecular complexity index is 316. The first-order chi connectivity index (χ1) is 7.32. The molecule has 0 aromatic rings. The van der Waals surface area contributed by atoms with Crippen molar-refractivity contribution in [1.82, 2.24) is 9.44 Å². The van der Waals surface area contributed by atoms with E-state index in [1.54, 1.807) is 25.5 Å². The maximum absolute atomic E-state index is 11.3. The molecule has 0 bridgehead atoms. The molecule has 3 N–H and O–H groups in total. The van der Waals surface area contributed by atoms with Crippen LogP contribution >= 0.6 is 0 Å².